The Kier molecular flexibility index (Phi) is 6.86. The van der Waals surface area contributed by atoms with Gasteiger partial charge in [0.1, 0.15) is 11.5 Å². The van der Waals surface area contributed by atoms with Crippen LogP contribution in [0.3, 0.4) is 0 Å². The molecular weight excluding hydrogens is 398 g/mol. The highest BCUT2D eigenvalue weighted by Gasteiger charge is 2.26. The summed E-state index contributed by atoms with van der Waals surface area (Å²) in [7, 11) is 1.56. The molecule has 0 radical (unpaired) electrons. The Morgan fingerprint density at radius 3 is 2.68 bits per heavy atom. The maximum absolute atomic E-state index is 13.4. The number of hydrogen-bond acceptors (Lipinski definition) is 6. The minimum absolute atomic E-state index is 0.0472. The molecule has 164 valence electrons. The average Bonchev–Trinajstić information content (AvgIpc) is 2.74. The number of aromatic amines is 1. The summed E-state index contributed by atoms with van der Waals surface area (Å²) >= 11 is 0. The topological polar surface area (TPSA) is 123 Å². The van der Waals surface area contributed by atoms with Crippen molar-refractivity contribution in [1.82, 2.24) is 14.5 Å². The molecule has 3 N–H and O–H groups in total. The smallest absolute Gasteiger partial charge is 0.330 e. The van der Waals surface area contributed by atoms with E-state index in [2.05, 4.69) is 9.97 Å². The van der Waals surface area contributed by atoms with Gasteiger partial charge < -0.3 is 10.5 Å². The number of amides is 1. The Labute approximate surface area is 179 Å². The summed E-state index contributed by atoms with van der Waals surface area (Å²) in [5.74, 6) is -0.415. The monoisotopic (exact) mass is 425 g/mol. The van der Waals surface area contributed by atoms with Gasteiger partial charge in [0.05, 0.1) is 5.52 Å². The Balaban J connectivity index is 2.11. The fourth-order valence-corrected chi connectivity index (χ4v) is 3.39. The minimum atomic E-state index is -0.714. The molecule has 0 bridgehead atoms. The largest absolute Gasteiger partial charge is 0.385 e. The van der Waals surface area contributed by atoms with Gasteiger partial charge in [0.25, 0.3) is 11.5 Å². The van der Waals surface area contributed by atoms with E-state index in [4.69, 9.17) is 10.5 Å². The number of fused-ring (bicyclic) bond motifs is 1. The van der Waals surface area contributed by atoms with Gasteiger partial charge in [0.15, 0.2) is 5.69 Å². The van der Waals surface area contributed by atoms with Crippen molar-refractivity contribution < 1.29 is 9.53 Å². The van der Waals surface area contributed by atoms with Gasteiger partial charge in [0, 0.05) is 32.2 Å². The van der Waals surface area contributed by atoms with Crippen LogP contribution in [0.1, 0.15) is 30.8 Å². The molecule has 0 fully saturated rings. The number of nitrogens with zero attached hydrogens (tertiary/aromatic N) is 3. The van der Waals surface area contributed by atoms with E-state index in [-0.39, 0.29) is 29.7 Å². The second kappa shape index (κ2) is 9.57. The van der Waals surface area contributed by atoms with Crippen molar-refractivity contribution in [2.24, 2.45) is 5.92 Å². The first-order valence-electron chi connectivity index (χ1n) is 10.1. The van der Waals surface area contributed by atoms with Crippen molar-refractivity contribution >= 4 is 28.3 Å². The van der Waals surface area contributed by atoms with Gasteiger partial charge in [-0.25, -0.2) is 9.78 Å². The molecule has 0 unspecified atom stereocenters. The molecule has 0 saturated carbocycles. The summed E-state index contributed by atoms with van der Waals surface area (Å²) in [4.78, 5) is 46.5. The number of benzene rings is 1. The lowest BCUT2D eigenvalue weighted by molar-refractivity contribution is 0.0978. The van der Waals surface area contributed by atoms with Gasteiger partial charge in [-0.3, -0.25) is 24.0 Å². The third-order valence-corrected chi connectivity index (χ3v) is 4.82. The van der Waals surface area contributed by atoms with Crippen molar-refractivity contribution in [1.29, 1.82) is 0 Å². The Bertz CT molecular complexity index is 1200. The Morgan fingerprint density at radius 1 is 1.23 bits per heavy atom. The van der Waals surface area contributed by atoms with Crippen molar-refractivity contribution in [3.05, 3.63) is 62.9 Å². The lowest BCUT2D eigenvalue weighted by Gasteiger charge is -2.24. The molecule has 2 aromatic heterocycles. The SMILES string of the molecule is COCCCN(C(=O)c1ccc2ccccc2n1)c1c(N)n(CC(C)C)c(=O)[nH]c1=O. The summed E-state index contributed by atoms with van der Waals surface area (Å²) in [5, 5.41) is 0.896. The van der Waals surface area contributed by atoms with Crippen LogP contribution >= 0.6 is 0 Å². The highest BCUT2D eigenvalue weighted by molar-refractivity contribution is 6.07. The van der Waals surface area contributed by atoms with E-state index < -0.39 is 17.2 Å². The predicted octanol–water partition coefficient (Wildman–Crippen LogP) is 2.01. The Hall–Kier alpha value is -3.46. The molecule has 0 aliphatic rings. The van der Waals surface area contributed by atoms with Crippen molar-refractivity contribution in [3.8, 4) is 0 Å². The maximum atomic E-state index is 13.4. The zero-order chi connectivity index (χ0) is 22.5. The van der Waals surface area contributed by atoms with E-state index in [0.717, 1.165) is 5.39 Å². The molecule has 2 heterocycles. The van der Waals surface area contributed by atoms with Crippen molar-refractivity contribution in [3.63, 3.8) is 0 Å². The van der Waals surface area contributed by atoms with Crippen LogP contribution in [-0.4, -0.2) is 40.7 Å². The van der Waals surface area contributed by atoms with Crippen LogP contribution in [-0.2, 0) is 11.3 Å². The summed E-state index contributed by atoms with van der Waals surface area (Å²) in [5.41, 5.74) is 5.71. The van der Waals surface area contributed by atoms with E-state index in [9.17, 15) is 14.4 Å². The van der Waals surface area contributed by atoms with E-state index >= 15 is 0 Å². The van der Waals surface area contributed by atoms with Crippen LogP contribution in [0, 0.1) is 5.92 Å². The highest BCUT2D eigenvalue weighted by Crippen LogP contribution is 2.21. The zero-order valence-corrected chi connectivity index (χ0v) is 17.9. The van der Waals surface area contributed by atoms with Gasteiger partial charge in [0.2, 0.25) is 0 Å². The van der Waals surface area contributed by atoms with Crippen LogP contribution in [0.25, 0.3) is 10.9 Å². The third kappa shape index (κ3) is 4.83. The lowest BCUT2D eigenvalue weighted by atomic mass is 10.2. The number of rotatable bonds is 8. The van der Waals surface area contributed by atoms with E-state index in [1.807, 2.05) is 38.1 Å². The van der Waals surface area contributed by atoms with E-state index in [0.29, 0.717) is 25.1 Å². The van der Waals surface area contributed by atoms with Crippen LogP contribution in [0.15, 0.2) is 46.0 Å². The van der Waals surface area contributed by atoms with Crippen LogP contribution in [0.2, 0.25) is 0 Å². The number of ether oxygens (including phenoxy) is 1. The zero-order valence-electron chi connectivity index (χ0n) is 17.9. The third-order valence-electron chi connectivity index (χ3n) is 4.82. The van der Waals surface area contributed by atoms with Crippen LogP contribution in [0.5, 0.6) is 0 Å². The quantitative estimate of drug-likeness (QED) is 0.532. The first-order chi connectivity index (χ1) is 14.8. The number of nitrogens with one attached hydrogen (secondary N) is 1. The summed E-state index contributed by atoms with van der Waals surface area (Å²) in [6.07, 6.45) is 0.470. The number of anilines is 2. The van der Waals surface area contributed by atoms with Gasteiger partial charge in [-0.05, 0) is 24.5 Å². The summed E-state index contributed by atoms with van der Waals surface area (Å²) in [6.45, 7) is 4.73. The molecule has 0 spiro atoms. The number of carbonyl (C=O) groups is 1. The maximum Gasteiger partial charge on any atom is 0.330 e. The minimum Gasteiger partial charge on any atom is -0.385 e. The molecular formula is C22H27N5O4. The number of nitrogens with two attached hydrogens (primary N) is 1. The number of pyridine rings is 1. The second-order valence-electron chi connectivity index (χ2n) is 7.69. The average molecular weight is 425 g/mol. The summed E-state index contributed by atoms with van der Waals surface area (Å²) < 4.78 is 6.38. The number of H-pyrrole nitrogens is 1. The lowest BCUT2D eigenvalue weighted by Crippen LogP contribution is -2.42. The molecule has 9 nitrogen and oxygen atoms in total. The van der Waals surface area contributed by atoms with Gasteiger partial charge in [-0.2, -0.15) is 0 Å². The van der Waals surface area contributed by atoms with E-state index in [1.54, 1.807) is 19.2 Å². The molecule has 0 aliphatic heterocycles. The first kappa shape index (κ1) is 22.2. The van der Waals surface area contributed by atoms with Crippen molar-refractivity contribution in [2.45, 2.75) is 26.8 Å². The number of carbonyl (C=O) groups excluding carboxylic acids is 1. The number of aromatic nitrogens is 3. The molecule has 0 saturated heterocycles. The highest BCUT2D eigenvalue weighted by atomic mass is 16.5. The molecule has 0 aliphatic carbocycles. The second-order valence-corrected chi connectivity index (χ2v) is 7.69. The molecule has 1 amide bonds. The van der Waals surface area contributed by atoms with Crippen molar-refractivity contribution in [2.75, 3.05) is 30.9 Å². The molecule has 31 heavy (non-hydrogen) atoms. The number of para-hydroxylation sites is 1. The van der Waals surface area contributed by atoms with Crippen LogP contribution < -0.4 is 21.9 Å². The number of methoxy groups -OCH3 is 1. The fourth-order valence-electron chi connectivity index (χ4n) is 3.39. The Morgan fingerprint density at radius 2 is 1.97 bits per heavy atom. The number of nitrogen functional groups attached to an aromatic ring is 1. The van der Waals surface area contributed by atoms with Gasteiger partial charge in [-0.1, -0.05) is 38.1 Å². The molecule has 1 aromatic carbocycles. The predicted molar refractivity (Wildman–Crippen MR) is 120 cm³/mol. The molecule has 3 aromatic rings. The molecule has 9 heteroatoms. The number of hydrogen-bond donors (Lipinski definition) is 2. The standard InChI is InChI=1S/C22H27N5O4/c1-14(2)13-27-19(23)18(20(28)25-22(27)30)26(11-6-12-31-3)21(29)17-10-9-15-7-4-5-8-16(15)24-17/h4-5,7-10,14H,6,11-13,23H2,1-3H3,(H,25,28,30). The van der Waals surface area contributed by atoms with Crippen LogP contribution in [0.4, 0.5) is 11.5 Å². The normalized spacial score (nSPS) is 11.2. The summed E-state index contributed by atoms with van der Waals surface area (Å²) in [6, 6.07) is 10.9. The first-order valence-corrected chi connectivity index (χ1v) is 10.1. The fraction of sp³-hybridized carbons (Fsp3) is 0.364. The molecule has 0 atom stereocenters. The van der Waals surface area contributed by atoms with Gasteiger partial charge >= 0.3 is 5.69 Å². The molecule has 3 rings (SSSR count). The van der Waals surface area contributed by atoms with E-state index in [1.165, 1.54) is 9.47 Å². The van der Waals surface area contributed by atoms with Gasteiger partial charge in [-0.15, -0.1) is 0 Å².